The van der Waals surface area contributed by atoms with E-state index in [-0.39, 0.29) is 0 Å². The molecule has 0 aromatic heterocycles. The van der Waals surface area contributed by atoms with Gasteiger partial charge in [-0.3, -0.25) is 9.80 Å². The number of fused-ring (bicyclic) bond motifs is 4. The van der Waals surface area contributed by atoms with Gasteiger partial charge >= 0.3 is 0 Å². The van der Waals surface area contributed by atoms with Crippen LogP contribution in [0.15, 0.2) is 151 Å². The molecular formula is C34H24N2. The Morgan fingerprint density at radius 2 is 0.750 bits per heavy atom. The van der Waals surface area contributed by atoms with Crippen molar-refractivity contribution < 1.29 is 0 Å². The summed E-state index contributed by atoms with van der Waals surface area (Å²) in [6.07, 6.45) is 4.56. The Bertz CT molecular complexity index is 1510. The summed E-state index contributed by atoms with van der Waals surface area (Å²) >= 11 is 0. The second-order valence-electron chi connectivity index (χ2n) is 9.03. The molecule has 2 aliphatic rings. The molecule has 1 aliphatic carbocycles. The van der Waals surface area contributed by atoms with Gasteiger partial charge in [-0.15, -0.1) is 0 Å². The minimum Gasteiger partial charge on any atom is -0.294 e. The Morgan fingerprint density at radius 1 is 0.361 bits per heavy atom. The quantitative estimate of drug-likeness (QED) is 0.260. The molecule has 0 saturated carbocycles. The predicted molar refractivity (Wildman–Crippen MR) is 151 cm³/mol. The fraction of sp³-hybridized carbons (Fsp3) is 0. The summed E-state index contributed by atoms with van der Waals surface area (Å²) in [6.45, 7) is 0. The number of allylic oxidation sites excluding steroid dienone is 2. The maximum absolute atomic E-state index is 2.35. The lowest BCUT2D eigenvalue weighted by atomic mass is 10.0. The second-order valence-corrected chi connectivity index (χ2v) is 9.03. The van der Waals surface area contributed by atoms with Crippen LogP contribution in [-0.2, 0) is 0 Å². The number of hydrogen-bond donors (Lipinski definition) is 0. The molecule has 36 heavy (non-hydrogen) atoms. The van der Waals surface area contributed by atoms with Gasteiger partial charge in [0.15, 0.2) is 0 Å². The molecule has 5 aromatic carbocycles. The van der Waals surface area contributed by atoms with E-state index >= 15 is 0 Å². The Morgan fingerprint density at radius 3 is 1.22 bits per heavy atom. The third kappa shape index (κ3) is 3.19. The van der Waals surface area contributed by atoms with Gasteiger partial charge < -0.3 is 0 Å². The molecule has 1 heterocycles. The number of anilines is 4. The summed E-state index contributed by atoms with van der Waals surface area (Å²) < 4.78 is 0. The molecule has 2 nitrogen and oxygen atoms in total. The molecule has 0 amide bonds. The standard InChI is InChI=1S/C34H24N2/c1-3-13-25(14-4-1)35-32-21-11-12-22-33(32)36(26-15-5-2-6-16-26)34(35)24-23-31-29-19-9-7-17-27(29)28-18-8-10-20-30(28)31/h1-24H. The maximum Gasteiger partial charge on any atom is 0.122 e. The van der Waals surface area contributed by atoms with E-state index in [2.05, 4.69) is 155 Å². The Balaban J connectivity index is 1.47. The zero-order valence-electron chi connectivity index (χ0n) is 19.8. The largest absolute Gasteiger partial charge is 0.294 e. The van der Waals surface area contributed by atoms with Crippen LogP contribution >= 0.6 is 0 Å². The first kappa shape index (κ1) is 20.5. The van der Waals surface area contributed by atoms with Crippen molar-refractivity contribution in [1.82, 2.24) is 0 Å². The van der Waals surface area contributed by atoms with Gasteiger partial charge in [0, 0.05) is 11.4 Å². The SMILES string of the molecule is C(C=C1N(c2ccccc2)c2ccccc2N1c1ccccc1)=C1c2ccccc2-c2ccccc21. The summed E-state index contributed by atoms with van der Waals surface area (Å²) in [5, 5.41) is 0. The molecule has 0 N–H and O–H groups in total. The molecule has 1 aliphatic heterocycles. The van der Waals surface area contributed by atoms with Gasteiger partial charge in [0.05, 0.1) is 11.4 Å². The van der Waals surface area contributed by atoms with E-state index in [0.29, 0.717) is 0 Å². The zero-order valence-corrected chi connectivity index (χ0v) is 19.8. The van der Waals surface area contributed by atoms with Crippen molar-refractivity contribution in [1.29, 1.82) is 0 Å². The van der Waals surface area contributed by atoms with Gasteiger partial charge in [0.1, 0.15) is 5.82 Å². The zero-order chi connectivity index (χ0) is 23.9. The predicted octanol–water partition coefficient (Wildman–Crippen LogP) is 8.93. The first-order valence-corrected chi connectivity index (χ1v) is 12.3. The van der Waals surface area contributed by atoms with Crippen LogP contribution in [0.1, 0.15) is 11.1 Å². The number of benzene rings is 5. The van der Waals surface area contributed by atoms with E-state index in [1.165, 1.54) is 39.2 Å². The summed E-state index contributed by atoms with van der Waals surface area (Å²) in [6, 6.07) is 47.3. The highest BCUT2D eigenvalue weighted by Gasteiger charge is 2.33. The monoisotopic (exact) mass is 460 g/mol. The summed E-state index contributed by atoms with van der Waals surface area (Å²) in [7, 11) is 0. The lowest BCUT2D eigenvalue weighted by molar-refractivity contribution is 1.13. The first-order valence-electron chi connectivity index (χ1n) is 12.3. The van der Waals surface area contributed by atoms with Crippen molar-refractivity contribution in [2.24, 2.45) is 0 Å². The highest BCUT2D eigenvalue weighted by atomic mass is 15.4. The third-order valence-electron chi connectivity index (χ3n) is 6.97. The van der Waals surface area contributed by atoms with Gasteiger partial charge in [0.25, 0.3) is 0 Å². The Hall–Kier alpha value is -4.82. The Labute approximate surface area is 211 Å². The van der Waals surface area contributed by atoms with Crippen molar-refractivity contribution in [3.63, 3.8) is 0 Å². The van der Waals surface area contributed by atoms with Crippen LogP contribution in [0, 0.1) is 0 Å². The molecule has 0 radical (unpaired) electrons. The van der Waals surface area contributed by atoms with Gasteiger partial charge in [-0.05, 0) is 70.3 Å². The lowest BCUT2D eigenvalue weighted by Crippen LogP contribution is -2.21. The van der Waals surface area contributed by atoms with Crippen LogP contribution in [0.5, 0.6) is 0 Å². The summed E-state index contributed by atoms with van der Waals surface area (Å²) in [4.78, 5) is 4.71. The number of para-hydroxylation sites is 4. The van der Waals surface area contributed by atoms with Crippen molar-refractivity contribution in [3.8, 4) is 11.1 Å². The maximum atomic E-state index is 2.35. The molecule has 0 fully saturated rings. The topological polar surface area (TPSA) is 6.48 Å². The van der Waals surface area contributed by atoms with E-state index in [4.69, 9.17) is 0 Å². The smallest absolute Gasteiger partial charge is 0.122 e. The van der Waals surface area contributed by atoms with Crippen LogP contribution in [0.3, 0.4) is 0 Å². The van der Waals surface area contributed by atoms with Crippen LogP contribution in [0.25, 0.3) is 16.7 Å². The molecule has 5 aromatic rings. The van der Waals surface area contributed by atoms with E-state index in [0.717, 1.165) is 17.2 Å². The molecule has 0 unspecified atom stereocenters. The van der Waals surface area contributed by atoms with E-state index in [1.807, 2.05) is 0 Å². The van der Waals surface area contributed by atoms with Crippen LogP contribution < -0.4 is 9.80 Å². The van der Waals surface area contributed by atoms with Crippen molar-refractivity contribution in [2.45, 2.75) is 0 Å². The molecule has 0 bridgehead atoms. The van der Waals surface area contributed by atoms with E-state index in [9.17, 15) is 0 Å². The minimum absolute atomic E-state index is 1.10. The molecule has 0 saturated heterocycles. The average molecular weight is 461 g/mol. The fourth-order valence-corrected chi connectivity index (χ4v) is 5.42. The normalized spacial score (nSPS) is 13.3. The average Bonchev–Trinajstić information content (AvgIpc) is 3.45. The molecule has 2 heteroatoms. The lowest BCUT2D eigenvalue weighted by Gasteiger charge is -2.25. The number of hydrogen-bond acceptors (Lipinski definition) is 2. The molecule has 0 atom stereocenters. The Kier molecular flexibility index (Phi) is 4.82. The number of rotatable bonds is 3. The summed E-state index contributed by atoms with van der Waals surface area (Å²) in [5.74, 6) is 1.10. The number of nitrogens with zero attached hydrogens (tertiary/aromatic N) is 2. The van der Waals surface area contributed by atoms with Crippen molar-refractivity contribution in [3.05, 3.63) is 163 Å². The summed E-state index contributed by atoms with van der Waals surface area (Å²) in [5.41, 5.74) is 11.0. The van der Waals surface area contributed by atoms with Gasteiger partial charge in [-0.25, -0.2) is 0 Å². The van der Waals surface area contributed by atoms with Crippen molar-refractivity contribution in [2.75, 3.05) is 9.80 Å². The minimum atomic E-state index is 1.10. The highest BCUT2D eigenvalue weighted by Crippen LogP contribution is 2.50. The molecule has 7 rings (SSSR count). The third-order valence-corrected chi connectivity index (χ3v) is 6.97. The first-order chi connectivity index (χ1) is 17.9. The van der Waals surface area contributed by atoms with E-state index in [1.54, 1.807) is 0 Å². The van der Waals surface area contributed by atoms with Gasteiger partial charge in [0.2, 0.25) is 0 Å². The van der Waals surface area contributed by atoms with Gasteiger partial charge in [-0.1, -0.05) is 103 Å². The van der Waals surface area contributed by atoms with Crippen LogP contribution in [-0.4, -0.2) is 0 Å². The van der Waals surface area contributed by atoms with E-state index < -0.39 is 0 Å². The van der Waals surface area contributed by atoms with Gasteiger partial charge in [-0.2, -0.15) is 0 Å². The van der Waals surface area contributed by atoms with Crippen LogP contribution in [0.2, 0.25) is 0 Å². The van der Waals surface area contributed by atoms with Crippen LogP contribution in [0.4, 0.5) is 22.7 Å². The molecule has 170 valence electrons. The second kappa shape index (κ2) is 8.44. The highest BCUT2D eigenvalue weighted by molar-refractivity contribution is 6.02. The molecular weight excluding hydrogens is 436 g/mol. The molecule has 0 spiro atoms. The fourth-order valence-electron chi connectivity index (χ4n) is 5.42. The van der Waals surface area contributed by atoms with Crippen molar-refractivity contribution >= 4 is 28.3 Å².